The van der Waals surface area contributed by atoms with E-state index in [1.165, 1.54) is 12.1 Å². The molecule has 34 heavy (non-hydrogen) atoms. The van der Waals surface area contributed by atoms with Gasteiger partial charge >= 0.3 is 12.3 Å². The maximum absolute atomic E-state index is 12.9. The fourth-order valence-electron chi connectivity index (χ4n) is 4.04. The lowest BCUT2D eigenvalue weighted by Crippen LogP contribution is -2.44. The van der Waals surface area contributed by atoms with E-state index in [9.17, 15) is 22.8 Å². The summed E-state index contributed by atoms with van der Waals surface area (Å²) >= 11 is 0. The van der Waals surface area contributed by atoms with Crippen LogP contribution >= 0.6 is 0 Å². The highest BCUT2D eigenvalue weighted by Crippen LogP contribution is 2.34. The highest BCUT2D eigenvalue weighted by Gasteiger charge is 2.50. The first kappa shape index (κ1) is 22.3. The van der Waals surface area contributed by atoms with Gasteiger partial charge in [0.05, 0.1) is 24.8 Å². The first-order chi connectivity index (χ1) is 16.3. The number of carbonyl (C=O) groups excluding carboxylic acids is 2. The number of benzene rings is 2. The van der Waals surface area contributed by atoms with Crippen molar-refractivity contribution in [2.24, 2.45) is 0 Å². The Balaban J connectivity index is 1.16. The van der Waals surface area contributed by atoms with Gasteiger partial charge in [0.1, 0.15) is 12.2 Å². The molecule has 2 aromatic carbocycles. The number of carbonyl (C=O) groups is 2. The fraction of sp³-hybridized carbons (Fsp3) is 0.364. The van der Waals surface area contributed by atoms with Gasteiger partial charge in [-0.2, -0.15) is 13.2 Å². The van der Waals surface area contributed by atoms with Gasteiger partial charge < -0.3 is 29.0 Å². The molecule has 3 heterocycles. The summed E-state index contributed by atoms with van der Waals surface area (Å²) in [5, 5.41) is 5.13. The molecule has 2 saturated heterocycles. The van der Waals surface area contributed by atoms with Crippen LogP contribution in [0.3, 0.4) is 0 Å². The highest BCUT2D eigenvalue weighted by atomic mass is 19.4. The largest absolute Gasteiger partial charge is 0.454 e. The molecular weight excluding hydrogens is 461 g/mol. The minimum absolute atomic E-state index is 0.0156. The zero-order chi connectivity index (χ0) is 23.9. The third-order valence-electron chi connectivity index (χ3n) is 5.65. The van der Waals surface area contributed by atoms with Crippen LogP contribution in [0.2, 0.25) is 0 Å². The topological polar surface area (TPSA) is 104 Å². The zero-order valence-electron chi connectivity index (χ0n) is 17.5. The van der Waals surface area contributed by atoms with E-state index >= 15 is 0 Å². The molecule has 2 fully saturated rings. The van der Waals surface area contributed by atoms with E-state index < -0.39 is 42.2 Å². The number of alkyl halides is 3. The van der Waals surface area contributed by atoms with E-state index in [4.69, 9.17) is 23.7 Å². The summed E-state index contributed by atoms with van der Waals surface area (Å²) in [6.45, 7) is 0.250. The average molecular weight is 480 g/mol. The van der Waals surface area contributed by atoms with Crippen LogP contribution in [0.25, 0.3) is 0 Å². The SMILES string of the molecule is O=C(Nc1cccc(C(F)(F)F)c1)O[C@H]1CO[C@@H]2[C@@H]1OC[C@@H]2NC(=O)c1ccc2c(c1)OCO2. The molecule has 9 nitrogen and oxygen atoms in total. The lowest BCUT2D eigenvalue weighted by Gasteiger charge is -2.18. The number of anilines is 1. The second kappa shape index (κ2) is 8.69. The fourth-order valence-corrected chi connectivity index (χ4v) is 4.04. The quantitative estimate of drug-likeness (QED) is 0.694. The summed E-state index contributed by atoms with van der Waals surface area (Å²) < 4.78 is 65.8. The molecule has 3 aliphatic rings. The Morgan fingerprint density at radius 2 is 1.76 bits per heavy atom. The van der Waals surface area contributed by atoms with Crippen LogP contribution in [0.5, 0.6) is 11.5 Å². The predicted octanol–water partition coefficient (Wildman–Crippen LogP) is 2.95. The molecule has 0 spiro atoms. The molecule has 2 amide bonds. The van der Waals surface area contributed by atoms with Crippen LogP contribution in [0.1, 0.15) is 15.9 Å². The number of nitrogens with one attached hydrogen (secondary N) is 2. The minimum atomic E-state index is -4.54. The van der Waals surface area contributed by atoms with Gasteiger partial charge in [0.25, 0.3) is 5.91 Å². The van der Waals surface area contributed by atoms with Crippen LogP contribution in [0.15, 0.2) is 42.5 Å². The van der Waals surface area contributed by atoms with E-state index in [1.54, 1.807) is 18.2 Å². The molecule has 0 bridgehead atoms. The molecule has 2 N–H and O–H groups in total. The predicted molar refractivity (Wildman–Crippen MR) is 109 cm³/mol. The average Bonchev–Trinajstić information content (AvgIpc) is 3.51. The summed E-state index contributed by atoms with van der Waals surface area (Å²) in [5.74, 6) is 0.678. The molecule has 0 aromatic heterocycles. The van der Waals surface area contributed by atoms with Gasteiger partial charge in [0.15, 0.2) is 17.6 Å². The third-order valence-corrected chi connectivity index (χ3v) is 5.65. The van der Waals surface area contributed by atoms with Gasteiger partial charge in [-0.3, -0.25) is 10.1 Å². The molecular formula is C22H19F3N2O7. The second-order valence-electron chi connectivity index (χ2n) is 7.89. The van der Waals surface area contributed by atoms with Gasteiger partial charge in [-0.25, -0.2) is 4.79 Å². The summed E-state index contributed by atoms with van der Waals surface area (Å²) in [7, 11) is 0. The molecule has 2 aromatic rings. The van der Waals surface area contributed by atoms with Crippen LogP contribution in [0, 0.1) is 0 Å². The van der Waals surface area contributed by atoms with E-state index in [-0.39, 0.29) is 31.6 Å². The monoisotopic (exact) mass is 480 g/mol. The maximum Gasteiger partial charge on any atom is 0.416 e. The van der Waals surface area contributed by atoms with Crippen molar-refractivity contribution in [2.75, 3.05) is 25.3 Å². The van der Waals surface area contributed by atoms with Gasteiger partial charge in [0, 0.05) is 11.3 Å². The molecule has 0 saturated carbocycles. The van der Waals surface area contributed by atoms with Gasteiger partial charge in [0.2, 0.25) is 6.79 Å². The van der Waals surface area contributed by atoms with Crippen LogP contribution in [-0.2, 0) is 20.4 Å². The first-order valence-corrected chi connectivity index (χ1v) is 10.4. The van der Waals surface area contributed by atoms with Crippen LogP contribution in [0.4, 0.5) is 23.7 Å². The van der Waals surface area contributed by atoms with Crippen molar-refractivity contribution in [2.45, 2.75) is 30.5 Å². The standard InChI is InChI=1S/C22H19F3N2O7/c23-22(24,25)12-2-1-3-13(7-12)26-21(29)34-17-9-31-18-14(8-30-19(17)18)27-20(28)11-4-5-15-16(6-11)33-10-32-15/h1-7,14,17-19H,8-10H2,(H,26,29)(H,27,28)/t14-,17-,18-,19+/m0/s1. The van der Waals surface area contributed by atoms with Crippen molar-refractivity contribution in [3.05, 3.63) is 53.6 Å². The minimum Gasteiger partial charge on any atom is -0.454 e. The number of rotatable bonds is 4. The summed E-state index contributed by atoms with van der Waals surface area (Å²) in [4.78, 5) is 24.9. The Kier molecular flexibility index (Phi) is 5.70. The lowest BCUT2D eigenvalue weighted by atomic mass is 10.1. The van der Waals surface area contributed by atoms with E-state index in [1.807, 2.05) is 0 Å². The molecule has 180 valence electrons. The number of hydrogen-bond donors (Lipinski definition) is 2. The Labute approximate surface area is 191 Å². The van der Waals surface area contributed by atoms with Crippen molar-refractivity contribution < 1.29 is 46.4 Å². The number of hydrogen-bond acceptors (Lipinski definition) is 7. The Morgan fingerprint density at radius 1 is 0.971 bits per heavy atom. The van der Waals surface area contributed by atoms with Crippen molar-refractivity contribution in [3.8, 4) is 11.5 Å². The lowest BCUT2D eigenvalue weighted by molar-refractivity contribution is -0.137. The summed E-state index contributed by atoms with van der Waals surface area (Å²) in [5.41, 5.74) is -0.579. The Morgan fingerprint density at radius 3 is 2.59 bits per heavy atom. The van der Waals surface area contributed by atoms with Gasteiger partial charge in [-0.1, -0.05) is 6.07 Å². The molecule has 0 unspecified atom stereocenters. The van der Waals surface area contributed by atoms with Crippen LogP contribution < -0.4 is 20.1 Å². The molecule has 0 radical (unpaired) electrons. The van der Waals surface area contributed by atoms with Gasteiger partial charge in [-0.15, -0.1) is 0 Å². The summed E-state index contributed by atoms with van der Waals surface area (Å²) in [6.07, 6.45) is -7.45. The number of halogens is 3. The van der Waals surface area contributed by atoms with Crippen molar-refractivity contribution in [3.63, 3.8) is 0 Å². The summed E-state index contributed by atoms with van der Waals surface area (Å²) in [6, 6.07) is 8.55. The number of fused-ring (bicyclic) bond motifs is 2. The smallest absolute Gasteiger partial charge is 0.416 e. The number of amides is 2. The van der Waals surface area contributed by atoms with E-state index in [0.29, 0.717) is 17.1 Å². The zero-order valence-corrected chi connectivity index (χ0v) is 17.5. The van der Waals surface area contributed by atoms with E-state index in [0.717, 1.165) is 12.1 Å². The molecule has 4 atom stereocenters. The van der Waals surface area contributed by atoms with Crippen molar-refractivity contribution in [1.82, 2.24) is 5.32 Å². The maximum atomic E-state index is 12.9. The third kappa shape index (κ3) is 4.46. The van der Waals surface area contributed by atoms with Gasteiger partial charge in [-0.05, 0) is 36.4 Å². The molecule has 12 heteroatoms. The molecule has 3 aliphatic heterocycles. The number of ether oxygens (including phenoxy) is 5. The second-order valence-corrected chi connectivity index (χ2v) is 7.89. The van der Waals surface area contributed by atoms with Crippen molar-refractivity contribution in [1.29, 1.82) is 0 Å². The van der Waals surface area contributed by atoms with Crippen molar-refractivity contribution >= 4 is 17.7 Å². The van der Waals surface area contributed by atoms with Crippen LogP contribution in [-0.4, -0.2) is 56.4 Å². The Hall–Kier alpha value is -3.51. The highest BCUT2D eigenvalue weighted by molar-refractivity contribution is 5.95. The molecule has 0 aliphatic carbocycles. The molecule has 5 rings (SSSR count). The Bertz CT molecular complexity index is 1110. The first-order valence-electron chi connectivity index (χ1n) is 10.4. The normalized spacial score (nSPS) is 25.0. The van der Waals surface area contributed by atoms with E-state index in [2.05, 4.69) is 10.6 Å².